The van der Waals surface area contributed by atoms with Gasteiger partial charge in [-0.1, -0.05) is 17.7 Å². The van der Waals surface area contributed by atoms with Gasteiger partial charge in [-0.25, -0.2) is 9.97 Å². The molecule has 2 heterocycles. The van der Waals surface area contributed by atoms with Gasteiger partial charge >= 0.3 is 0 Å². The fraction of sp³-hybridized carbons (Fsp3) is 0.105. The van der Waals surface area contributed by atoms with Crippen molar-refractivity contribution in [2.75, 3.05) is 12.1 Å². The lowest BCUT2D eigenvalue weighted by Gasteiger charge is -2.07. The van der Waals surface area contributed by atoms with Crippen LogP contribution in [0.4, 0.5) is 11.5 Å². The molecule has 0 saturated heterocycles. The van der Waals surface area contributed by atoms with Crippen LogP contribution >= 0.6 is 11.6 Å². The van der Waals surface area contributed by atoms with E-state index in [9.17, 15) is 4.79 Å². The van der Waals surface area contributed by atoms with Gasteiger partial charge in [-0.3, -0.25) is 4.79 Å². The summed E-state index contributed by atoms with van der Waals surface area (Å²) in [4.78, 5) is 20.6. The first kappa shape index (κ1) is 17.1. The summed E-state index contributed by atoms with van der Waals surface area (Å²) in [7, 11) is 0. The summed E-state index contributed by atoms with van der Waals surface area (Å²) in [5.41, 5.74) is 1.97. The van der Waals surface area contributed by atoms with E-state index in [2.05, 4.69) is 20.6 Å². The Morgan fingerprint density at radius 1 is 1.04 bits per heavy atom. The van der Waals surface area contributed by atoms with E-state index >= 15 is 0 Å². The van der Waals surface area contributed by atoms with Crippen molar-refractivity contribution in [3.8, 4) is 11.5 Å². The third-order valence-electron chi connectivity index (χ3n) is 3.89. The summed E-state index contributed by atoms with van der Waals surface area (Å²) in [5, 5.41) is 6.55. The Balaban J connectivity index is 1.35. The summed E-state index contributed by atoms with van der Waals surface area (Å²) < 4.78 is 10.6. The lowest BCUT2D eigenvalue weighted by Crippen LogP contribution is -2.24. The van der Waals surface area contributed by atoms with Crippen molar-refractivity contribution >= 4 is 29.0 Å². The number of nitrogens with one attached hydrogen (secondary N) is 2. The maximum atomic E-state index is 12.3. The van der Waals surface area contributed by atoms with Gasteiger partial charge < -0.3 is 20.1 Å². The molecule has 0 radical (unpaired) electrons. The molecule has 0 aliphatic carbocycles. The number of rotatable bonds is 5. The van der Waals surface area contributed by atoms with Crippen molar-refractivity contribution < 1.29 is 14.3 Å². The molecule has 2 aromatic carbocycles. The Bertz CT molecular complexity index is 962. The average molecular weight is 383 g/mol. The molecule has 4 rings (SSSR count). The summed E-state index contributed by atoms with van der Waals surface area (Å²) in [6.45, 7) is 0.569. The van der Waals surface area contributed by atoms with E-state index in [1.165, 1.54) is 12.4 Å². The normalized spacial score (nSPS) is 11.9. The van der Waals surface area contributed by atoms with Crippen LogP contribution in [0.25, 0.3) is 0 Å². The number of halogens is 1. The fourth-order valence-corrected chi connectivity index (χ4v) is 2.64. The molecule has 2 N–H and O–H groups in total. The third kappa shape index (κ3) is 4.09. The van der Waals surface area contributed by atoms with Crippen LogP contribution in [-0.2, 0) is 6.54 Å². The first-order chi connectivity index (χ1) is 13.2. The molecule has 0 bridgehead atoms. The molecule has 3 aromatic rings. The predicted molar refractivity (Wildman–Crippen MR) is 101 cm³/mol. The van der Waals surface area contributed by atoms with Crippen molar-refractivity contribution in [2.45, 2.75) is 6.54 Å². The topological polar surface area (TPSA) is 85.4 Å². The van der Waals surface area contributed by atoms with Crippen LogP contribution in [0.5, 0.6) is 11.5 Å². The van der Waals surface area contributed by atoms with E-state index in [1.807, 2.05) is 30.3 Å². The number of hydrogen-bond acceptors (Lipinski definition) is 6. The second kappa shape index (κ2) is 7.51. The molecule has 136 valence electrons. The number of benzene rings is 2. The maximum Gasteiger partial charge on any atom is 0.271 e. The molecule has 7 nitrogen and oxygen atoms in total. The Kier molecular flexibility index (Phi) is 4.76. The number of carbonyl (C=O) groups is 1. The molecule has 1 amide bonds. The van der Waals surface area contributed by atoms with Gasteiger partial charge in [0.2, 0.25) is 6.79 Å². The minimum Gasteiger partial charge on any atom is -0.454 e. The Labute approximate surface area is 160 Å². The highest BCUT2D eigenvalue weighted by molar-refractivity contribution is 6.30. The zero-order chi connectivity index (χ0) is 18.6. The van der Waals surface area contributed by atoms with Crippen LogP contribution in [0.1, 0.15) is 16.1 Å². The minimum atomic E-state index is -0.307. The van der Waals surface area contributed by atoms with Gasteiger partial charge in [0.15, 0.2) is 11.5 Å². The number of aromatic nitrogens is 2. The monoisotopic (exact) mass is 382 g/mol. The van der Waals surface area contributed by atoms with Crippen molar-refractivity contribution in [3.05, 3.63) is 71.1 Å². The van der Waals surface area contributed by atoms with Gasteiger partial charge in [0.05, 0.1) is 12.4 Å². The summed E-state index contributed by atoms with van der Waals surface area (Å²) in [6, 6.07) is 12.7. The molecule has 0 fully saturated rings. The van der Waals surface area contributed by atoms with E-state index in [-0.39, 0.29) is 18.4 Å². The van der Waals surface area contributed by atoms with E-state index in [0.29, 0.717) is 28.9 Å². The number of ether oxygens (including phenoxy) is 2. The number of amides is 1. The number of fused-ring (bicyclic) bond motifs is 1. The van der Waals surface area contributed by atoms with Gasteiger partial charge in [0.25, 0.3) is 5.91 Å². The van der Waals surface area contributed by atoms with Crippen molar-refractivity contribution in [3.63, 3.8) is 0 Å². The molecule has 1 aromatic heterocycles. The zero-order valence-corrected chi connectivity index (χ0v) is 14.9. The highest BCUT2D eigenvalue weighted by atomic mass is 35.5. The van der Waals surface area contributed by atoms with E-state index in [4.69, 9.17) is 21.1 Å². The van der Waals surface area contributed by atoms with Crippen LogP contribution in [0.3, 0.4) is 0 Å². The summed E-state index contributed by atoms with van der Waals surface area (Å²) >= 11 is 5.86. The molecule has 8 heteroatoms. The van der Waals surface area contributed by atoms with Gasteiger partial charge in [-0.15, -0.1) is 0 Å². The number of carbonyl (C=O) groups excluding carboxylic acids is 1. The second-order valence-electron chi connectivity index (χ2n) is 5.79. The largest absolute Gasteiger partial charge is 0.454 e. The zero-order valence-electron chi connectivity index (χ0n) is 14.1. The molecular formula is C19H15ClN4O3. The molecule has 1 aliphatic heterocycles. The second-order valence-corrected chi connectivity index (χ2v) is 6.23. The number of nitrogens with zero attached hydrogens (tertiary/aromatic N) is 2. The lowest BCUT2D eigenvalue weighted by molar-refractivity contribution is 0.0945. The van der Waals surface area contributed by atoms with Crippen LogP contribution in [-0.4, -0.2) is 22.7 Å². The standard InChI is InChI=1S/C19H15ClN4O3/c20-13-2-4-14(5-3-13)24-18-10-21-15(9-22-18)19(25)23-8-12-1-6-16-17(7-12)27-11-26-16/h1-7,9-10H,8,11H2,(H,22,24)(H,23,25). The molecule has 0 saturated carbocycles. The first-order valence-corrected chi connectivity index (χ1v) is 8.56. The van der Waals surface area contributed by atoms with Crippen LogP contribution in [0.15, 0.2) is 54.9 Å². The highest BCUT2D eigenvalue weighted by Gasteiger charge is 2.14. The molecular weight excluding hydrogens is 368 g/mol. The summed E-state index contributed by atoms with van der Waals surface area (Å²) in [5.74, 6) is 1.61. The van der Waals surface area contributed by atoms with E-state index in [0.717, 1.165) is 11.3 Å². The fourth-order valence-electron chi connectivity index (χ4n) is 2.51. The van der Waals surface area contributed by atoms with Crippen molar-refractivity contribution in [2.24, 2.45) is 0 Å². The average Bonchev–Trinajstić information content (AvgIpc) is 3.16. The van der Waals surface area contributed by atoms with E-state index in [1.54, 1.807) is 12.1 Å². The lowest BCUT2D eigenvalue weighted by atomic mass is 10.2. The smallest absolute Gasteiger partial charge is 0.271 e. The van der Waals surface area contributed by atoms with Crippen molar-refractivity contribution in [1.29, 1.82) is 0 Å². The van der Waals surface area contributed by atoms with Gasteiger partial charge in [-0.05, 0) is 42.0 Å². The van der Waals surface area contributed by atoms with Gasteiger partial charge in [-0.2, -0.15) is 0 Å². The number of hydrogen-bond donors (Lipinski definition) is 2. The molecule has 0 unspecified atom stereocenters. The summed E-state index contributed by atoms with van der Waals surface area (Å²) in [6.07, 6.45) is 2.93. The highest BCUT2D eigenvalue weighted by Crippen LogP contribution is 2.32. The molecule has 27 heavy (non-hydrogen) atoms. The van der Waals surface area contributed by atoms with Crippen LogP contribution in [0, 0.1) is 0 Å². The van der Waals surface area contributed by atoms with E-state index < -0.39 is 0 Å². The van der Waals surface area contributed by atoms with Gasteiger partial charge in [0, 0.05) is 17.3 Å². The predicted octanol–water partition coefficient (Wildman–Crippen LogP) is 3.53. The quantitative estimate of drug-likeness (QED) is 0.702. The Hall–Kier alpha value is -3.32. The first-order valence-electron chi connectivity index (χ1n) is 8.19. The number of anilines is 2. The maximum absolute atomic E-state index is 12.3. The minimum absolute atomic E-state index is 0.219. The molecule has 0 atom stereocenters. The SMILES string of the molecule is O=C(NCc1ccc2c(c1)OCO2)c1cnc(Nc2ccc(Cl)cc2)cn1. The Morgan fingerprint density at radius 2 is 1.85 bits per heavy atom. The molecule has 0 spiro atoms. The van der Waals surface area contributed by atoms with Crippen LogP contribution < -0.4 is 20.1 Å². The molecule has 1 aliphatic rings. The van der Waals surface area contributed by atoms with Crippen LogP contribution in [0.2, 0.25) is 5.02 Å². The van der Waals surface area contributed by atoms with Gasteiger partial charge in [0.1, 0.15) is 11.5 Å². The Morgan fingerprint density at radius 3 is 2.63 bits per heavy atom. The van der Waals surface area contributed by atoms with Crippen molar-refractivity contribution in [1.82, 2.24) is 15.3 Å². The third-order valence-corrected chi connectivity index (χ3v) is 4.14.